The Morgan fingerprint density at radius 3 is 2.53 bits per heavy atom. The zero-order chi connectivity index (χ0) is 11.1. The second kappa shape index (κ2) is 6.80. The van der Waals surface area contributed by atoms with Crippen molar-refractivity contribution in [3.05, 3.63) is 0 Å². The fraction of sp³-hybridized carbons (Fsp3) is 0.909. The summed E-state index contributed by atoms with van der Waals surface area (Å²) in [5.74, 6) is -0.246. The standard InChI is InChI=1S/C11H21NO3/c1-3-12-9-4-6-10(7-5-9)15-11(13)8-14-2/h9-10,12H,3-8H2,1-2H3. The van der Waals surface area contributed by atoms with Crippen LogP contribution in [0.5, 0.6) is 0 Å². The highest BCUT2D eigenvalue weighted by atomic mass is 16.6. The van der Waals surface area contributed by atoms with Gasteiger partial charge in [0, 0.05) is 13.2 Å². The molecule has 4 heteroatoms. The number of carbonyl (C=O) groups excluding carboxylic acids is 1. The highest BCUT2D eigenvalue weighted by Gasteiger charge is 2.22. The third-order valence-electron chi connectivity index (χ3n) is 2.73. The third kappa shape index (κ3) is 4.62. The molecule has 0 aliphatic heterocycles. The van der Waals surface area contributed by atoms with Gasteiger partial charge in [-0.2, -0.15) is 0 Å². The molecular weight excluding hydrogens is 194 g/mol. The zero-order valence-corrected chi connectivity index (χ0v) is 9.62. The number of carbonyl (C=O) groups is 1. The third-order valence-corrected chi connectivity index (χ3v) is 2.73. The summed E-state index contributed by atoms with van der Waals surface area (Å²) in [7, 11) is 1.50. The molecule has 0 atom stereocenters. The molecule has 0 spiro atoms. The maximum atomic E-state index is 11.2. The van der Waals surface area contributed by atoms with E-state index in [1.807, 2.05) is 0 Å². The van der Waals surface area contributed by atoms with Gasteiger partial charge in [0.1, 0.15) is 12.7 Å². The Morgan fingerprint density at radius 2 is 2.00 bits per heavy atom. The van der Waals surface area contributed by atoms with Crippen molar-refractivity contribution in [3.8, 4) is 0 Å². The summed E-state index contributed by atoms with van der Waals surface area (Å²) < 4.78 is 9.98. The van der Waals surface area contributed by atoms with Gasteiger partial charge < -0.3 is 14.8 Å². The topological polar surface area (TPSA) is 47.6 Å². The molecule has 1 saturated carbocycles. The van der Waals surface area contributed by atoms with Crippen LogP contribution in [-0.4, -0.2) is 38.4 Å². The van der Waals surface area contributed by atoms with Gasteiger partial charge in [-0.1, -0.05) is 6.92 Å². The summed E-state index contributed by atoms with van der Waals surface area (Å²) in [6.07, 6.45) is 4.22. The molecule has 1 rings (SSSR count). The van der Waals surface area contributed by atoms with Crippen LogP contribution in [0.3, 0.4) is 0 Å². The first-order valence-corrected chi connectivity index (χ1v) is 5.68. The van der Waals surface area contributed by atoms with E-state index in [0.29, 0.717) is 6.04 Å². The molecule has 0 aromatic rings. The zero-order valence-electron chi connectivity index (χ0n) is 9.62. The van der Waals surface area contributed by atoms with Gasteiger partial charge in [-0.05, 0) is 32.2 Å². The maximum absolute atomic E-state index is 11.2. The summed E-state index contributed by atoms with van der Waals surface area (Å²) in [4.78, 5) is 11.2. The molecule has 0 radical (unpaired) electrons. The number of esters is 1. The van der Waals surface area contributed by atoms with Crippen molar-refractivity contribution in [1.29, 1.82) is 0 Å². The highest BCUT2D eigenvalue weighted by Crippen LogP contribution is 2.21. The molecule has 4 nitrogen and oxygen atoms in total. The van der Waals surface area contributed by atoms with E-state index >= 15 is 0 Å². The van der Waals surface area contributed by atoms with E-state index in [9.17, 15) is 4.79 Å². The molecule has 0 bridgehead atoms. The normalized spacial score (nSPS) is 26.3. The van der Waals surface area contributed by atoms with Gasteiger partial charge in [-0.15, -0.1) is 0 Å². The lowest BCUT2D eigenvalue weighted by Gasteiger charge is -2.28. The molecule has 1 aliphatic carbocycles. The van der Waals surface area contributed by atoms with Crippen LogP contribution in [0.2, 0.25) is 0 Å². The number of hydrogen-bond donors (Lipinski definition) is 1. The first kappa shape index (κ1) is 12.5. The van der Waals surface area contributed by atoms with Crippen LogP contribution in [0.4, 0.5) is 0 Å². The number of methoxy groups -OCH3 is 1. The summed E-state index contributed by atoms with van der Waals surface area (Å²) in [6, 6.07) is 0.604. The van der Waals surface area contributed by atoms with E-state index in [1.165, 1.54) is 7.11 Å². The van der Waals surface area contributed by atoms with E-state index < -0.39 is 0 Å². The predicted molar refractivity (Wildman–Crippen MR) is 57.7 cm³/mol. The fourth-order valence-corrected chi connectivity index (χ4v) is 2.01. The van der Waals surface area contributed by atoms with Gasteiger partial charge in [-0.3, -0.25) is 0 Å². The molecule has 0 aromatic heterocycles. The summed E-state index contributed by atoms with van der Waals surface area (Å²) in [5.41, 5.74) is 0. The Kier molecular flexibility index (Phi) is 5.65. The van der Waals surface area contributed by atoms with Crippen LogP contribution < -0.4 is 5.32 Å². The molecule has 0 saturated heterocycles. The van der Waals surface area contributed by atoms with Crippen molar-refractivity contribution in [2.45, 2.75) is 44.8 Å². The fourth-order valence-electron chi connectivity index (χ4n) is 2.01. The van der Waals surface area contributed by atoms with Gasteiger partial charge in [0.15, 0.2) is 0 Å². The Bertz CT molecular complexity index is 188. The van der Waals surface area contributed by atoms with Crippen LogP contribution in [0.15, 0.2) is 0 Å². The largest absolute Gasteiger partial charge is 0.461 e. The summed E-state index contributed by atoms with van der Waals surface area (Å²) >= 11 is 0. The highest BCUT2D eigenvalue weighted by molar-refractivity contribution is 5.70. The van der Waals surface area contributed by atoms with Gasteiger partial charge >= 0.3 is 5.97 Å². The van der Waals surface area contributed by atoms with Gasteiger partial charge in [-0.25, -0.2) is 4.79 Å². The lowest BCUT2D eigenvalue weighted by molar-refractivity contribution is -0.155. The van der Waals surface area contributed by atoms with E-state index in [4.69, 9.17) is 9.47 Å². The molecule has 1 fully saturated rings. The van der Waals surface area contributed by atoms with Crippen molar-refractivity contribution in [2.75, 3.05) is 20.3 Å². The molecule has 0 aromatic carbocycles. The monoisotopic (exact) mass is 215 g/mol. The van der Waals surface area contributed by atoms with Crippen molar-refractivity contribution < 1.29 is 14.3 Å². The first-order chi connectivity index (χ1) is 7.26. The van der Waals surface area contributed by atoms with Gasteiger partial charge in [0.25, 0.3) is 0 Å². The van der Waals surface area contributed by atoms with E-state index in [-0.39, 0.29) is 18.7 Å². The average Bonchev–Trinajstić information content (AvgIpc) is 2.22. The van der Waals surface area contributed by atoms with Crippen LogP contribution in [-0.2, 0) is 14.3 Å². The SMILES string of the molecule is CCNC1CCC(OC(=O)COC)CC1. The molecule has 0 amide bonds. The molecule has 88 valence electrons. The minimum atomic E-state index is -0.246. The Hall–Kier alpha value is -0.610. The van der Waals surface area contributed by atoms with E-state index in [0.717, 1.165) is 32.2 Å². The lowest BCUT2D eigenvalue weighted by Crippen LogP contribution is -2.36. The molecule has 15 heavy (non-hydrogen) atoms. The predicted octanol–water partition coefficient (Wildman–Crippen LogP) is 1.10. The second-order valence-electron chi connectivity index (χ2n) is 3.95. The van der Waals surface area contributed by atoms with Crippen molar-refractivity contribution in [2.24, 2.45) is 0 Å². The van der Waals surface area contributed by atoms with Crippen LogP contribution in [0.25, 0.3) is 0 Å². The quantitative estimate of drug-likeness (QED) is 0.698. The molecule has 1 N–H and O–H groups in total. The smallest absolute Gasteiger partial charge is 0.332 e. The van der Waals surface area contributed by atoms with E-state index in [2.05, 4.69) is 12.2 Å². The molecule has 0 heterocycles. The maximum Gasteiger partial charge on any atom is 0.332 e. The Morgan fingerprint density at radius 1 is 1.33 bits per heavy atom. The van der Waals surface area contributed by atoms with Crippen LogP contribution >= 0.6 is 0 Å². The van der Waals surface area contributed by atoms with E-state index in [1.54, 1.807) is 0 Å². The van der Waals surface area contributed by atoms with Crippen molar-refractivity contribution >= 4 is 5.97 Å². The molecule has 0 unspecified atom stereocenters. The number of hydrogen-bond acceptors (Lipinski definition) is 4. The number of nitrogens with one attached hydrogen (secondary N) is 1. The van der Waals surface area contributed by atoms with Gasteiger partial charge in [0.05, 0.1) is 0 Å². The van der Waals surface area contributed by atoms with Crippen molar-refractivity contribution in [1.82, 2.24) is 5.32 Å². The van der Waals surface area contributed by atoms with Crippen molar-refractivity contribution in [3.63, 3.8) is 0 Å². The second-order valence-corrected chi connectivity index (χ2v) is 3.95. The Balaban J connectivity index is 2.16. The summed E-state index contributed by atoms with van der Waals surface area (Å²) in [5, 5.41) is 3.42. The molecule has 1 aliphatic rings. The van der Waals surface area contributed by atoms with Gasteiger partial charge in [0.2, 0.25) is 0 Å². The first-order valence-electron chi connectivity index (χ1n) is 5.68. The van der Waals surface area contributed by atoms with Crippen LogP contribution in [0, 0.1) is 0 Å². The average molecular weight is 215 g/mol. The summed E-state index contributed by atoms with van der Waals surface area (Å²) in [6.45, 7) is 3.19. The minimum absolute atomic E-state index is 0.0626. The number of ether oxygens (including phenoxy) is 2. The lowest BCUT2D eigenvalue weighted by atomic mass is 9.93. The van der Waals surface area contributed by atoms with Crippen LogP contribution in [0.1, 0.15) is 32.6 Å². The Labute approximate surface area is 91.3 Å². The molecular formula is C11H21NO3. The number of rotatable bonds is 5. The minimum Gasteiger partial charge on any atom is -0.461 e.